The second kappa shape index (κ2) is 14.5. The van der Waals surface area contributed by atoms with Gasteiger partial charge in [-0.05, 0) is 13.3 Å². The number of guanidine groups is 1. The molecule has 0 spiro atoms. The topological polar surface area (TPSA) is 76.6 Å². The van der Waals surface area contributed by atoms with Gasteiger partial charge >= 0.3 is 0 Å². The molecule has 166 valence electrons. The number of aliphatic imine (C=N–C) groups is 1. The van der Waals surface area contributed by atoms with Crippen LogP contribution in [0.3, 0.4) is 0 Å². The number of methoxy groups -OCH3 is 3. The van der Waals surface area contributed by atoms with E-state index >= 15 is 0 Å². The Bertz CT molecular complexity index is 599. The Balaban J connectivity index is 0.00000420. The fraction of sp³-hybridized carbons (Fsp3) is 0.650. The standard InChI is InChI=1S/C20H34N4O4.HI/c1-5-21-20(23-8-9-24-10-12-28-13-11-24)22-7-6-17-18(26-3)14-16(25-2)15-19(17)27-4;/h14-15H,5-13H2,1-4H3,(H2,21,22,23);1H. The third-order valence-electron chi connectivity index (χ3n) is 4.62. The highest BCUT2D eigenvalue weighted by atomic mass is 127. The fourth-order valence-corrected chi connectivity index (χ4v) is 3.10. The average molecular weight is 522 g/mol. The Labute approximate surface area is 191 Å². The summed E-state index contributed by atoms with van der Waals surface area (Å²) in [5.41, 5.74) is 1.00. The number of ether oxygens (including phenoxy) is 4. The number of hydrogen-bond acceptors (Lipinski definition) is 6. The zero-order valence-electron chi connectivity index (χ0n) is 18.0. The van der Waals surface area contributed by atoms with E-state index in [0.717, 1.165) is 75.4 Å². The lowest BCUT2D eigenvalue weighted by Crippen LogP contribution is -2.40. The highest BCUT2D eigenvalue weighted by Crippen LogP contribution is 2.34. The Morgan fingerprint density at radius 1 is 1.07 bits per heavy atom. The molecular weight excluding hydrogens is 487 g/mol. The molecule has 1 fully saturated rings. The van der Waals surface area contributed by atoms with Crippen LogP contribution in [0.2, 0.25) is 0 Å². The van der Waals surface area contributed by atoms with Crippen LogP contribution in [0.15, 0.2) is 17.1 Å². The van der Waals surface area contributed by atoms with E-state index in [4.69, 9.17) is 18.9 Å². The summed E-state index contributed by atoms with van der Waals surface area (Å²) < 4.78 is 21.7. The molecule has 8 nitrogen and oxygen atoms in total. The molecule has 2 N–H and O–H groups in total. The van der Waals surface area contributed by atoms with Gasteiger partial charge in [0.05, 0.1) is 41.1 Å². The van der Waals surface area contributed by atoms with Gasteiger partial charge in [0.25, 0.3) is 0 Å². The van der Waals surface area contributed by atoms with Gasteiger partial charge in [0.1, 0.15) is 17.2 Å². The zero-order valence-corrected chi connectivity index (χ0v) is 20.3. The summed E-state index contributed by atoms with van der Waals surface area (Å²) in [6, 6.07) is 3.75. The van der Waals surface area contributed by atoms with Gasteiger partial charge in [-0.15, -0.1) is 24.0 Å². The van der Waals surface area contributed by atoms with E-state index in [1.807, 2.05) is 12.1 Å². The molecular formula is C20H35IN4O4. The van der Waals surface area contributed by atoms with Crippen molar-refractivity contribution in [3.8, 4) is 17.2 Å². The van der Waals surface area contributed by atoms with Gasteiger partial charge in [0.2, 0.25) is 0 Å². The Kier molecular flexibility index (Phi) is 12.8. The summed E-state index contributed by atoms with van der Waals surface area (Å²) >= 11 is 0. The lowest BCUT2D eigenvalue weighted by Gasteiger charge is -2.25. The van der Waals surface area contributed by atoms with Gasteiger partial charge in [-0.1, -0.05) is 0 Å². The number of nitrogens with one attached hydrogen (secondary N) is 2. The lowest BCUT2D eigenvalue weighted by molar-refractivity contribution is 0.0394. The first kappa shape index (κ1) is 25.6. The van der Waals surface area contributed by atoms with Crippen molar-refractivity contribution in [3.63, 3.8) is 0 Å². The quantitative estimate of drug-likeness (QED) is 0.276. The predicted molar refractivity (Wildman–Crippen MR) is 126 cm³/mol. The van der Waals surface area contributed by atoms with E-state index in [-0.39, 0.29) is 24.0 Å². The minimum atomic E-state index is 0. The van der Waals surface area contributed by atoms with Crippen molar-refractivity contribution in [1.29, 1.82) is 0 Å². The predicted octanol–water partition coefficient (Wildman–Crippen LogP) is 1.76. The number of hydrogen-bond donors (Lipinski definition) is 2. The number of halogens is 1. The molecule has 0 atom stereocenters. The molecule has 0 saturated carbocycles. The van der Waals surface area contributed by atoms with Crippen LogP contribution >= 0.6 is 24.0 Å². The van der Waals surface area contributed by atoms with Crippen LogP contribution in [0.4, 0.5) is 0 Å². The van der Waals surface area contributed by atoms with Gasteiger partial charge in [-0.25, -0.2) is 0 Å². The maximum absolute atomic E-state index is 5.52. The van der Waals surface area contributed by atoms with Crippen LogP contribution in [-0.4, -0.2) is 84.7 Å². The highest BCUT2D eigenvalue weighted by Gasteiger charge is 2.13. The van der Waals surface area contributed by atoms with Gasteiger partial charge in [0, 0.05) is 50.4 Å². The smallest absolute Gasteiger partial charge is 0.191 e. The summed E-state index contributed by atoms with van der Waals surface area (Å²) in [5.74, 6) is 3.05. The molecule has 0 aliphatic carbocycles. The normalized spacial score (nSPS) is 14.7. The summed E-state index contributed by atoms with van der Waals surface area (Å²) in [6.07, 6.45) is 0.740. The maximum Gasteiger partial charge on any atom is 0.191 e. The van der Waals surface area contributed by atoms with Crippen molar-refractivity contribution < 1.29 is 18.9 Å². The number of benzene rings is 1. The van der Waals surface area contributed by atoms with Crippen LogP contribution < -0.4 is 24.8 Å². The average Bonchev–Trinajstić information content (AvgIpc) is 2.74. The summed E-state index contributed by atoms with van der Waals surface area (Å²) in [5, 5.41) is 6.69. The van der Waals surface area contributed by atoms with Crippen molar-refractivity contribution in [2.24, 2.45) is 4.99 Å². The monoisotopic (exact) mass is 522 g/mol. The zero-order chi connectivity index (χ0) is 20.2. The van der Waals surface area contributed by atoms with Gasteiger partial charge in [-0.3, -0.25) is 9.89 Å². The Hall–Kier alpha value is -1.46. The fourth-order valence-electron chi connectivity index (χ4n) is 3.10. The largest absolute Gasteiger partial charge is 0.496 e. The Morgan fingerprint density at radius 3 is 2.28 bits per heavy atom. The first-order valence-corrected chi connectivity index (χ1v) is 9.83. The number of rotatable bonds is 10. The molecule has 1 aromatic carbocycles. The van der Waals surface area contributed by atoms with Crippen LogP contribution in [0.1, 0.15) is 12.5 Å². The molecule has 29 heavy (non-hydrogen) atoms. The van der Waals surface area contributed by atoms with Crippen LogP contribution in [0, 0.1) is 0 Å². The number of nitrogens with zero attached hydrogens (tertiary/aromatic N) is 2. The minimum Gasteiger partial charge on any atom is -0.496 e. The molecule has 0 unspecified atom stereocenters. The van der Waals surface area contributed by atoms with Gasteiger partial charge < -0.3 is 29.6 Å². The van der Waals surface area contributed by atoms with Crippen molar-refractivity contribution in [3.05, 3.63) is 17.7 Å². The van der Waals surface area contributed by atoms with Gasteiger partial charge in [-0.2, -0.15) is 0 Å². The van der Waals surface area contributed by atoms with Crippen molar-refractivity contribution in [1.82, 2.24) is 15.5 Å². The first-order chi connectivity index (χ1) is 13.7. The van der Waals surface area contributed by atoms with E-state index < -0.39 is 0 Å². The summed E-state index contributed by atoms with van der Waals surface area (Å²) in [4.78, 5) is 7.06. The second-order valence-electron chi connectivity index (χ2n) is 6.40. The SMILES string of the molecule is CCNC(=NCCN1CCOCC1)NCCc1c(OC)cc(OC)cc1OC.I. The lowest BCUT2D eigenvalue weighted by atomic mass is 10.1. The summed E-state index contributed by atoms with van der Waals surface area (Å²) in [6.45, 7) is 8.88. The van der Waals surface area contributed by atoms with E-state index in [1.54, 1.807) is 21.3 Å². The maximum atomic E-state index is 5.52. The van der Waals surface area contributed by atoms with Crippen LogP contribution in [0.5, 0.6) is 17.2 Å². The molecule has 1 saturated heterocycles. The number of morpholine rings is 1. The third kappa shape index (κ3) is 8.43. The molecule has 2 rings (SSSR count). The molecule has 1 aliphatic rings. The van der Waals surface area contributed by atoms with Crippen LogP contribution in [0.25, 0.3) is 0 Å². The molecule has 0 bridgehead atoms. The third-order valence-corrected chi connectivity index (χ3v) is 4.62. The molecule has 1 aliphatic heterocycles. The van der Waals surface area contributed by atoms with E-state index in [1.165, 1.54) is 0 Å². The van der Waals surface area contributed by atoms with E-state index in [9.17, 15) is 0 Å². The highest BCUT2D eigenvalue weighted by molar-refractivity contribution is 14.0. The van der Waals surface area contributed by atoms with Crippen molar-refractivity contribution >= 4 is 29.9 Å². The first-order valence-electron chi connectivity index (χ1n) is 9.83. The Morgan fingerprint density at radius 2 is 1.72 bits per heavy atom. The minimum absolute atomic E-state index is 0. The molecule has 0 radical (unpaired) electrons. The second-order valence-corrected chi connectivity index (χ2v) is 6.40. The molecule has 0 amide bonds. The molecule has 1 heterocycles. The summed E-state index contributed by atoms with van der Waals surface area (Å²) in [7, 11) is 4.94. The van der Waals surface area contributed by atoms with Gasteiger partial charge in [0.15, 0.2) is 5.96 Å². The molecule has 9 heteroatoms. The molecule has 1 aromatic rings. The van der Waals surface area contributed by atoms with Crippen molar-refractivity contribution in [2.75, 3.05) is 73.8 Å². The van der Waals surface area contributed by atoms with E-state index in [2.05, 4.69) is 27.4 Å². The molecule has 0 aromatic heterocycles. The van der Waals surface area contributed by atoms with Crippen molar-refractivity contribution in [2.45, 2.75) is 13.3 Å². The van der Waals surface area contributed by atoms with E-state index in [0.29, 0.717) is 12.3 Å². The van der Waals surface area contributed by atoms with Crippen LogP contribution in [-0.2, 0) is 11.2 Å².